The Hall–Kier alpha value is -3.10. The van der Waals surface area contributed by atoms with Crippen LogP contribution in [0.1, 0.15) is 12.0 Å². The number of aliphatic hydroxyl groups excluding tert-OH is 1. The molecule has 0 unspecified atom stereocenters. The van der Waals surface area contributed by atoms with Gasteiger partial charge in [0.05, 0.1) is 0 Å². The van der Waals surface area contributed by atoms with Crippen LogP contribution in [-0.2, 0) is 6.54 Å². The number of ether oxygens (including phenoxy) is 2. The van der Waals surface area contributed by atoms with E-state index in [2.05, 4.69) is 14.9 Å². The summed E-state index contributed by atoms with van der Waals surface area (Å²) in [5, 5.41) is 10.4. The van der Waals surface area contributed by atoms with Gasteiger partial charge >= 0.3 is 6.01 Å². The summed E-state index contributed by atoms with van der Waals surface area (Å²) in [7, 11) is 0. The van der Waals surface area contributed by atoms with Gasteiger partial charge in [0.25, 0.3) is 0 Å². The van der Waals surface area contributed by atoms with E-state index in [-0.39, 0.29) is 11.8 Å². The molecule has 30 heavy (non-hydrogen) atoms. The Morgan fingerprint density at radius 2 is 1.70 bits per heavy atom. The van der Waals surface area contributed by atoms with Crippen molar-refractivity contribution in [3.63, 3.8) is 0 Å². The minimum Gasteiger partial charge on any atom is -0.487 e. The predicted octanol–water partition coefficient (Wildman–Crippen LogP) is 3.56. The lowest BCUT2D eigenvalue weighted by molar-refractivity contribution is -0.0277. The number of hydrogen-bond donors (Lipinski definition) is 1. The number of piperidine rings is 1. The number of benzene rings is 2. The summed E-state index contributed by atoms with van der Waals surface area (Å²) < 4.78 is 37.9. The molecule has 1 aromatic heterocycles. The quantitative estimate of drug-likeness (QED) is 0.667. The molecule has 2 atom stereocenters. The van der Waals surface area contributed by atoms with Crippen LogP contribution in [0.2, 0.25) is 0 Å². The largest absolute Gasteiger partial charge is 0.487 e. The summed E-state index contributed by atoms with van der Waals surface area (Å²) in [4.78, 5) is 10.1. The van der Waals surface area contributed by atoms with Gasteiger partial charge < -0.3 is 14.6 Å². The molecule has 1 aliphatic heterocycles. The van der Waals surface area contributed by atoms with Gasteiger partial charge in [0, 0.05) is 50.2 Å². The van der Waals surface area contributed by atoms with Gasteiger partial charge in [-0.1, -0.05) is 12.1 Å². The van der Waals surface area contributed by atoms with Crippen molar-refractivity contribution in [1.29, 1.82) is 0 Å². The molecule has 1 aliphatic rings. The van der Waals surface area contributed by atoms with Gasteiger partial charge in [-0.15, -0.1) is 0 Å². The van der Waals surface area contributed by atoms with E-state index in [0.717, 1.165) is 23.8 Å². The molecule has 4 rings (SSSR count). The summed E-state index contributed by atoms with van der Waals surface area (Å²) in [6, 6.07) is 12.6. The monoisotopic (exact) mass is 413 g/mol. The third-order valence-electron chi connectivity index (χ3n) is 4.81. The first kappa shape index (κ1) is 20.2. The van der Waals surface area contributed by atoms with Crippen molar-refractivity contribution in [3.8, 4) is 17.5 Å². The van der Waals surface area contributed by atoms with Crippen LogP contribution in [0, 0.1) is 11.6 Å². The van der Waals surface area contributed by atoms with Crippen molar-refractivity contribution in [3.05, 3.63) is 78.1 Å². The van der Waals surface area contributed by atoms with Gasteiger partial charge in [0.1, 0.15) is 35.3 Å². The molecular weight excluding hydrogens is 392 g/mol. The molecular formula is C22H21F2N3O3. The summed E-state index contributed by atoms with van der Waals surface area (Å²) >= 11 is 0. The van der Waals surface area contributed by atoms with Gasteiger partial charge in [-0.05, 0) is 30.2 Å². The molecule has 6 nitrogen and oxygen atoms in total. The van der Waals surface area contributed by atoms with E-state index in [9.17, 15) is 13.9 Å². The van der Waals surface area contributed by atoms with E-state index in [0.29, 0.717) is 31.8 Å². The highest BCUT2D eigenvalue weighted by Crippen LogP contribution is 2.23. The highest BCUT2D eigenvalue weighted by molar-refractivity contribution is 5.29. The van der Waals surface area contributed by atoms with Gasteiger partial charge in [-0.25, -0.2) is 18.7 Å². The number of aliphatic hydroxyl groups is 1. The Morgan fingerprint density at radius 3 is 2.37 bits per heavy atom. The van der Waals surface area contributed by atoms with Gasteiger partial charge in [-0.3, -0.25) is 4.90 Å². The summed E-state index contributed by atoms with van der Waals surface area (Å²) in [5.41, 5.74) is 1.06. The fourth-order valence-electron chi connectivity index (χ4n) is 3.39. The third kappa shape index (κ3) is 5.28. The van der Waals surface area contributed by atoms with E-state index in [1.165, 1.54) is 0 Å². The molecule has 2 heterocycles. The average Bonchev–Trinajstić information content (AvgIpc) is 2.72. The zero-order chi connectivity index (χ0) is 20.9. The van der Waals surface area contributed by atoms with Gasteiger partial charge in [-0.2, -0.15) is 0 Å². The Bertz CT molecular complexity index is 953. The molecule has 0 aliphatic carbocycles. The van der Waals surface area contributed by atoms with E-state index in [1.807, 2.05) is 24.3 Å². The maximum Gasteiger partial charge on any atom is 0.321 e. The van der Waals surface area contributed by atoms with Crippen LogP contribution in [0.4, 0.5) is 8.78 Å². The maximum absolute atomic E-state index is 13.3. The van der Waals surface area contributed by atoms with Crippen LogP contribution in [0.3, 0.4) is 0 Å². The molecule has 0 radical (unpaired) electrons. The minimum absolute atomic E-state index is 0.0861. The highest BCUT2D eigenvalue weighted by Gasteiger charge is 2.29. The Balaban J connectivity index is 1.30. The van der Waals surface area contributed by atoms with Crippen molar-refractivity contribution in [2.24, 2.45) is 0 Å². The number of halogens is 2. The molecule has 1 fully saturated rings. The third-order valence-corrected chi connectivity index (χ3v) is 4.81. The zero-order valence-electron chi connectivity index (χ0n) is 16.1. The maximum atomic E-state index is 13.3. The van der Waals surface area contributed by atoms with Crippen LogP contribution in [0.25, 0.3) is 0 Å². The van der Waals surface area contributed by atoms with Crippen LogP contribution in [0.15, 0.2) is 60.9 Å². The lowest BCUT2D eigenvalue weighted by atomic mass is 10.0. The van der Waals surface area contributed by atoms with Crippen LogP contribution in [-0.4, -0.2) is 45.3 Å². The van der Waals surface area contributed by atoms with Crippen LogP contribution >= 0.6 is 0 Å². The average molecular weight is 413 g/mol. The van der Waals surface area contributed by atoms with Crippen molar-refractivity contribution in [2.45, 2.75) is 25.2 Å². The topological polar surface area (TPSA) is 67.7 Å². The SMILES string of the molecule is O[C@@H]1CN(Cc2ccc(Oc3ncccn3)cc2)CC[C@H]1Oc1cc(F)cc(F)c1. The number of β-amino-alcohol motifs (C(OH)–C–C–N with tert-alkyl or cyclic N) is 1. The van der Waals surface area contributed by atoms with Crippen molar-refractivity contribution in [1.82, 2.24) is 14.9 Å². The smallest absolute Gasteiger partial charge is 0.321 e. The van der Waals surface area contributed by atoms with Gasteiger partial charge in [0.2, 0.25) is 0 Å². The molecule has 156 valence electrons. The standard InChI is InChI=1S/C22H21F2N3O3/c23-16-10-17(24)12-19(11-16)29-21-6-9-27(14-20(21)28)13-15-2-4-18(5-3-15)30-22-25-7-1-8-26-22/h1-5,7-8,10-12,20-21,28H,6,9,13-14H2/t20-,21-/m1/s1. The van der Waals surface area contributed by atoms with Gasteiger partial charge in [0.15, 0.2) is 0 Å². The number of nitrogens with zero attached hydrogens (tertiary/aromatic N) is 3. The minimum atomic E-state index is -0.761. The fourth-order valence-corrected chi connectivity index (χ4v) is 3.39. The molecule has 0 bridgehead atoms. The molecule has 3 aromatic rings. The molecule has 1 saturated heterocycles. The van der Waals surface area contributed by atoms with Crippen molar-refractivity contribution >= 4 is 0 Å². The second kappa shape index (κ2) is 9.15. The number of likely N-dealkylation sites (tertiary alicyclic amines) is 1. The second-order valence-corrected chi connectivity index (χ2v) is 7.13. The molecule has 0 amide bonds. The molecule has 2 aromatic carbocycles. The molecule has 0 spiro atoms. The fraction of sp³-hybridized carbons (Fsp3) is 0.273. The Labute approximate surface area is 172 Å². The van der Waals surface area contributed by atoms with E-state index in [4.69, 9.17) is 9.47 Å². The van der Waals surface area contributed by atoms with Crippen molar-refractivity contribution in [2.75, 3.05) is 13.1 Å². The lowest BCUT2D eigenvalue weighted by Gasteiger charge is -2.36. The van der Waals surface area contributed by atoms with Crippen LogP contribution in [0.5, 0.6) is 17.5 Å². The normalized spacial score (nSPS) is 19.4. The lowest BCUT2D eigenvalue weighted by Crippen LogP contribution is -2.48. The second-order valence-electron chi connectivity index (χ2n) is 7.13. The van der Waals surface area contributed by atoms with Crippen molar-refractivity contribution < 1.29 is 23.4 Å². The molecule has 1 N–H and O–H groups in total. The first-order valence-electron chi connectivity index (χ1n) is 9.62. The Morgan fingerprint density at radius 1 is 1.00 bits per heavy atom. The van der Waals surface area contributed by atoms with E-state index in [1.54, 1.807) is 18.5 Å². The number of rotatable bonds is 6. The first-order chi connectivity index (χ1) is 14.5. The Kier molecular flexibility index (Phi) is 6.15. The summed E-state index contributed by atoms with van der Waals surface area (Å²) in [6.07, 6.45) is 2.50. The summed E-state index contributed by atoms with van der Waals surface area (Å²) in [6.45, 7) is 1.74. The zero-order valence-corrected chi connectivity index (χ0v) is 16.1. The molecule has 8 heteroatoms. The van der Waals surface area contributed by atoms with E-state index >= 15 is 0 Å². The van der Waals surface area contributed by atoms with Crippen LogP contribution < -0.4 is 9.47 Å². The first-order valence-corrected chi connectivity index (χ1v) is 9.62. The predicted molar refractivity (Wildman–Crippen MR) is 105 cm³/mol. The number of hydrogen-bond acceptors (Lipinski definition) is 6. The number of aromatic nitrogens is 2. The highest BCUT2D eigenvalue weighted by atomic mass is 19.1. The molecule has 0 saturated carbocycles. The summed E-state index contributed by atoms with van der Waals surface area (Å²) in [5.74, 6) is -0.686. The van der Waals surface area contributed by atoms with E-state index < -0.39 is 23.8 Å².